The molecule has 1 aromatic carbocycles. The summed E-state index contributed by atoms with van der Waals surface area (Å²) < 4.78 is 13.4. The number of aryl methyl sites for hydroxylation is 1. The van der Waals surface area contributed by atoms with E-state index < -0.39 is 5.67 Å². The van der Waals surface area contributed by atoms with Crippen LogP contribution in [0.1, 0.15) is 83.8 Å². The van der Waals surface area contributed by atoms with E-state index in [4.69, 9.17) is 0 Å². The Balaban J connectivity index is 2.20. The van der Waals surface area contributed by atoms with Gasteiger partial charge < -0.3 is 0 Å². The highest BCUT2D eigenvalue weighted by atomic mass is 19.1. The normalized spacial score (nSPS) is 13.7. The average molecular weight is 292 g/mol. The first kappa shape index (κ1) is 18.2. The summed E-state index contributed by atoms with van der Waals surface area (Å²) in [5, 5.41) is 0. The predicted octanol–water partition coefficient (Wildman–Crippen LogP) is 6.69. The second-order valence-corrected chi connectivity index (χ2v) is 7.50. The maximum Gasteiger partial charge on any atom is 0.105 e. The Morgan fingerprint density at radius 3 is 2.05 bits per heavy atom. The lowest BCUT2D eigenvalue weighted by atomic mass is 9.93. The fourth-order valence-corrected chi connectivity index (χ4v) is 2.74. The van der Waals surface area contributed by atoms with Crippen LogP contribution in [-0.2, 0) is 6.42 Å². The van der Waals surface area contributed by atoms with Crippen LogP contribution in [0.3, 0.4) is 0 Å². The molecule has 0 saturated heterocycles. The SMILES string of the molecule is CC(CCCc1ccc(C(C)C)cc1)CCCC(C)(C)F. The van der Waals surface area contributed by atoms with E-state index in [-0.39, 0.29) is 0 Å². The fourth-order valence-electron chi connectivity index (χ4n) is 2.74. The van der Waals surface area contributed by atoms with Gasteiger partial charge in [0.15, 0.2) is 0 Å². The van der Waals surface area contributed by atoms with Gasteiger partial charge in [-0.3, -0.25) is 0 Å². The van der Waals surface area contributed by atoms with Crippen LogP contribution in [0, 0.1) is 5.92 Å². The van der Waals surface area contributed by atoms with Gasteiger partial charge in [-0.2, -0.15) is 0 Å². The van der Waals surface area contributed by atoms with Crippen molar-refractivity contribution in [3.05, 3.63) is 35.4 Å². The summed E-state index contributed by atoms with van der Waals surface area (Å²) in [5.74, 6) is 1.32. The molecular formula is C20H33F. The summed E-state index contributed by atoms with van der Waals surface area (Å²) in [6.45, 7) is 10.1. The van der Waals surface area contributed by atoms with Crippen molar-refractivity contribution in [1.82, 2.24) is 0 Å². The molecule has 0 nitrogen and oxygen atoms in total. The van der Waals surface area contributed by atoms with Crippen molar-refractivity contribution in [2.45, 2.75) is 84.7 Å². The number of alkyl halides is 1. The molecule has 0 aliphatic rings. The summed E-state index contributed by atoms with van der Waals surface area (Å²) >= 11 is 0. The van der Waals surface area contributed by atoms with Gasteiger partial charge in [-0.05, 0) is 56.1 Å². The standard InChI is InChI=1S/C20H33F/c1-16(2)19-13-11-18(12-14-19)10-6-8-17(3)9-7-15-20(4,5)21/h11-14,16-17H,6-10,15H2,1-5H3. The summed E-state index contributed by atoms with van der Waals surface area (Å²) in [4.78, 5) is 0. The lowest BCUT2D eigenvalue weighted by Gasteiger charge is -2.16. The summed E-state index contributed by atoms with van der Waals surface area (Å²) in [6, 6.07) is 9.05. The third-order valence-electron chi connectivity index (χ3n) is 4.28. The van der Waals surface area contributed by atoms with Gasteiger partial charge in [-0.15, -0.1) is 0 Å². The maximum absolute atomic E-state index is 13.4. The van der Waals surface area contributed by atoms with Crippen molar-refractivity contribution in [3.63, 3.8) is 0 Å². The molecule has 0 radical (unpaired) electrons. The molecule has 0 spiro atoms. The Morgan fingerprint density at radius 2 is 1.52 bits per heavy atom. The first-order valence-electron chi connectivity index (χ1n) is 8.55. The van der Waals surface area contributed by atoms with E-state index in [1.54, 1.807) is 13.8 Å². The molecule has 1 atom stereocenters. The van der Waals surface area contributed by atoms with E-state index >= 15 is 0 Å². The summed E-state index contributed by atoms with van der Waals surface area (Å²) in [5.41, 5.74) is 1.86. The van der Waals surface area contributed by atoms with Crippen LogP contribution in [0.4, 0.5) is 4.39 Å². The summed E-state index contributed by atoms with van der Waals surface area (Å²) in [6.07, 6.45) is 6.50. The Hall–Kier alpha value is -0.850. The average Bonchev–Trinajstić information content (AvgIpc) is 2.37. The third kappa shape index (κ3) is 8.24. The Labute approximate surface area is 131 Å². The van der Waals surface area contributed by atoms with Crippen LogP contribution < -0.4 is 0 Å². The lowest BCUT2D eigenvalue weighted by molar-refractivity contribution is 0.192. The number of hydrogen-bond donors (Lipinski definition) is 0. The van der Waals surface area contributed by atoms with Crippen molar-refractivity contribution in [1.29, 1.82) is 0 Å². The van der Waals surface area contributed by atoms with Gasteiger partial charge in [-0.25, -0.2) is 4.39 Å². The Morgan fingerprint density at radius 1 is 0.952 bits per heavy atom. The van der Waals surface area contributed by atoms with Crippen molar-refractivity contribution in [3.8, 4) is 0 Å². The first-order chi connectivity index (χ1) is 9.78. The number of halogens is 1. The molecule has 1 rings (SSSR count). The second kappa shape index (κ2) is 8.56. The molecule has 1 heteroatoms. The van der Waals surface area contributed by atoms with Crippen molar-refractivity contribution in [2.24, 2.45) is 5.92 Å². The monoisotopic (exact) mass is 292 g/mol. The minimum atomic E-state index is -1.00. The third-order valence-corrected chi connectivity index (χ3v) is 4.28. The predicted molar refractivity (Wildman–Crippen MR) is 91.7 cm³/mol. The minimum Gasteiger partial charge on any atom is -0.245 e. The second-order valence-electron chi connectivity index (χ2n) is 7.50. The van der Waals surface area contributed by atoms with Crippen molar-refractivity contribution < 1.29 is 4.39 Å². The van der Waals surface area contributed by atoms with Gasteiger partial charge in [0.2, 0.25) is 0 Å². The molecule has 0 bridgehead atoms. The zero-order valence-electron chi connectivity index (χ0n) is 14.6. The van der Waals surface area contributed by atoms with Crippen molar-refractivity contribution >= 4 is 0 Å². The molecule has 1 aromatic rings. The molecule has 0 N–H and O–H groups in total. The molecule has 0 amide bonds. The van der Waals surface area contributed by atoms with Crippen LogP contribution in [0.5, 0.6) is 0 Å². The number of hydrogen-bond acceptors (Lipinski definition) is 0. The highest BCUT2D eigenvalue weighted by molar-refractivity contribution is 5.24. The minimum absolute atomic E-state index is 0.610. The van der Waals surface area contributed by atoms with E-state index in [1.807, 2.05) is 0 Å². The number of rotatable bonds is 9. The van der Waals surface area contributed by atoms with E-state index in [9.17, 15) is 4.39 Å². The van der Waals surface area contributed by atoms with E-state index in [2.05, 4.69) is 45.0 Å². The highest BCUT2D eigenvalue weighted by Crippen LogP contribution is 2.22. The maximum atomic E-state index is 13.4. The van der Waals surface area contributed by atoms with Gasteiger partial charge in [0.25, 0.3) is 0 Å². The lowest BCUT2D eigenvalue weighted by Crippen LogP contribution is -2.11. The van der Waals surface area contributed by atoms with E-state index in [0.717, 1.165) is 19.3 Å². The molecule has 1 unspecified atom stereocenters. The van der Waals surface area contributed by atoms with Crippen LogP contribution in [0.15, 0.2) is 24.3 Å². The van der Waals surface area contributed by atoms with Gasteiger partial charge in [0.05, 0.1) is 0 Å². The van der Waals surface area contributed by atoms with Gasteiger partial charge in [0, 0.05) is 0 Å². The van der Waals surface area contributed by atoms with E-state index in [0.29, 0.717) is 18.3 Å². The molecule has 0 aliphatic carbocycles. The van der Waals surface area contributed by atoms with Gasteiger partial charge in [0.1, 0.15) is 5.67 Å². The first-order valence-corrected chi connectivity index (χ1v) is 8.55. The molecule has 0 heterocycles. The quantitative estimate of drug-likeness (QED) is 0.476. The van der Waals surface area contributed by atoms with Crippen LogP contribution >= 0.6 is 0 Å². The van der Waals surface area contributed by atoms with Gasteiger partial charge in [-0.1, -0.05) is 64.3 Å². The summed E-state index contributed by atoms with van der Waals surface area (Å²) in [7, 11) is 0. The van der Waals surface area contributed by atoms with Crippen molar-refractivity contribution in [2.75, 3.05) is 0 Å². The number of benzene rings is 1. The zero-order chi connectivity index (χ0) is 15.9. The van der Waals surface area contributed by atoms with Crippen LogP contribution in [0.2, 0.25) is 0 Å². The topological polar surface area (TPSA) is 0 Å². The van der Waals surface area contributed by atoms with Crippen LogP contribution in [-0.4, -0.2) is 5.67 Å². The van der Waals surface area contributed by atoms with E-state index in [1.165, 1.54) is 24.0 Å². The molecule has 0 saturated carbocycles. The molecule has 0 aliphatic heterocycles. The molecule has 0 fully saturated rings. The Kier molecular flexibility index (Phi) is 7.42. The Bertz CT molecular complexity index is 383. The molecule has 21 heavy (non-hydrogen) atoms. The zero-order valence-corrected chi connectivity index (χ0v) is 14.6. The molecular weight excluding hydrogens is 259 g/mol. The van der Waals surface area contributed by atoms with Gasteiger partial charge >= 0.3 is 0 Å². The smallest absolute Gasteiger partial charge is 0.105 e. The largest absolute Gasteiger partial charge is 0.245 e. The molecule has 120 valence electrons. The fraction of sp³-hybridized carbons (Fsp3) is 0.700. The molecule has 0 aromatic heterocycles. The highest BCUT2D eigenvalue weighted by Gasteiger charge is 2.15. The van der Waals surface area contributed by atoms with Crippen LogP contribution in [0.25, 0.3) is 0 Å².